The number of fused-ring (bicyclic) bond motifs is 1. The van der Waals surface area contributed by atoms with Gasteiger partial charge in [-0.05, 0) is 12.5 Å². The number of aliphatic hydroxyl groups excluding tert-OH is 2. The van der Waals surface area contributed by atoms with Crippen molar-refractivity contribution in [2.75, 3.05) is 37.9 Å². The van der Waals surface area contributed by atoms with E-state index in [0.717, 1.165) is 29.5 Å². The number of alkyl halides is 4. The van der Waals surface area contributed by atoms with E-state index in [-0.39, 0.29) is 29.2 Å². The van der Waals surface area contributed by atoms with E-state index < -0.39 is 133 Å². The molecule has 26 nitrogen and oxygen atoms in total. The van der Waals surface area contributed by atoms with Gasteiger partial charge in [-0.1, -0.05) is 6.08 Å². The second-order valence-electron chi connectivity index (χ2n) is 13.4. The van der Waals surface area contributed by atoms with Gasteiger partial charge in [0.25, 0.3) is 0 Å². The number of carboxylic acid groups (broad SMARTS) is 1. The van der Waals surface area contributed by atoms with Crippen LogP contribution in [0.25, 0.3) is 11.2 Å². The third kappa shape index (κ3) is 11.1. The minimum Gasteiger partial charge on any atom is -0.480 e. The van der Waals surface area contributed by atoms with Crippen LogP contribution in [0.4, 0.5) is 29.2 Å². The lowest BCUT2D eigenvalue weighted by Gasteiger charge is -2.37. The summed E-state index contributed by atoms with van der Waals surface area (Å²) in [4.78, 5) is 84.3. The van der Waals surface area contributed by atoms with Crippen molar-refractivity contribution in [1.29, 1.82) is 0 Å². The number of aliphatic carboxylic acids is 1. The number of phosphoric acid groups is 2. The average molecular weight is 936 g/mol. The Morgan fingerprint density at radius 2 is 1.69 bits per heavy atom. The van der Waals surface area contributed by atoms with E-state index in [2.05, 4.69) is 35.8 Å². The van der Waals surface area contributed by atoms with Crippen LogP contribution in [-0.2, 0) is 46.5 Å². The molecule has 2 aliphatic rings. The van der Waals surface area contributed by atoms with Gasteiger partial charge >= 0.3 is 39.7 Å². The van der Waals surface area contributed by atoms with E-state index in [0.29, 0.717) is 9.47 Å². The first-order chi connectivity index (χ1) is 29.0. The molecule has 10 atom stereocenters. The Bertz CT molecular complexity index is 2260. The van der Waals surface area contributed by atoms with E-state index in [1.807, 2.05) is 0 Å². The van der Waals surface area contributed by atoms with E-state index in [4.69, 9.17) is 30.0 Å². The van der Waals surface area contributed by atoms with Crippen LogP contribution in [0.5, 0.6) is 0 Å². The van der Waals surface area contributed by atoms with Crippen molar-refractivity contribution >= 4 is 50.3 Å². The SMILES string of the molecule is C=CCCC(=O)N(C1C(COP(=O)(O)O[C@H]2[C@@H](O)[C@H](n3ccc(N)nc3=O)O[C@@H]2COP(=O)(O)O)OC(n2cnc3c(N)ncnc32)C1O)[C@H](COCC(F)(F)C(F)F)C(=O)O. The molecule has 344 valence electrons. The molecular formula is C30H39F4N9O17P2. The second kappa shape index (κ2) is 19.5. The highest BCUT2D eigenvalue weighted by molar-refractivity contribution is 7.47. The van der Waals surface area contributed by atoms with Crippen molar-refractivity contribution in [3.05, 3.63) is 48.1 Å². The van der Waals surface area contributed by atoms with Gasteiger partial charge in [-0.15, -0.1) is 6.58 Å². The number of ether oxygens (including phenoxy) is 3. The molecular weight excluding hydrogens is 896 g/mol. The summed E-state index contributed by atoms with van der Waals surface area (Å²) >= 11 is 0. The standard InChI is InChI=1S/C30H39F4N9O17P2/c1-2-3-4-17(44)43(13(27(47)48)7-55-10-30(33,34)28(31)32)19-14(58-25(20(19)45)42-12-39-18-23(36)37-11-38-24(18)42)8-57-62(53,54)60-22-15(9-56-61(50,51)52)59-26(21(22)46)41-6-5-16(35)40-29(41)49/h2,5-6,11-15,19-22,25-26,28,45-46H,1,3-4,7-10H2,(H,47,48)(H,53,54)(H2,35,40,49)(H2,36,37,38)(H2,50,51,52)/t13-,14?,15-,19?,20?,21-,22-,25?,26-/m1/s1. The minimum absolute atomic E-state index is 0.0339. The largest absolute Gasteiger partial charge is 0.480 e. The summed E-state index contributed by atoms with van der Waals surface area (Å²) in [6.07, 6.45) is -14.3. The number of nitrogens with two attached hydrogens (primary N) is 2. The molecule has 3 aromatic rings. The first-order valence-electron chi connectivity index (χ1n) is 17.7. The molecule has 0 aromatic carbocycles. The zero-order valence-electron chi connectivity index (χ0n) is 31.5. The number of aliphatic hydroxyl groups is 2. The number of nitrogens with zero attached hydrogens (tertiary/aromatic N) is 7. The Kier molecular flexibility index (Phi) is 15.2. The van der Waals surface area contributed by atoms with Gasteiger partial charge < -0.3 is 60.6 Å². The molecule has 5 rings (SSSR count). The molecule has 0 aliphatic carbocycles. The van der Waals surface area contributed by atoms with Gasteiger partial charge in [0.15, 0.2) is 30.0 Å². The van der Waals surface area contributed by atoms with Crippen molar-refractivity contribution in [1.82, 2.24) is 34.0 Å². The van der Waals surface area contributed by atoms with E-state index in [1.54, 1.807) is 0 Å². The average Bonchev–Trinajstić information content (AvgIpc) is 3.84. The predicted molar refractivity (Wildman–Crippen MR) is 194 cm³/mol. The number of hydrogen-bond donors (Lipinski definition) is 8. The number of halogens is 4. The molecule has 0 bridgehead atoms. The summed E-state index contributed by atoms with van der Waals surface area (Å²) in [5.74, 6) is -8.25. The second-order valence-corrected chi connectivity index (χ2v) is 16.1. The Labute approximate surface area is 344 Å². The summed E-state index contributed by atoms with van der Waals surface area (Å²) in [5.41, 5.74) is 10.1. The summed E-state index contributed by atoms with van der Waals surface area (Å²) < 4.78 is 111. The molecule has 10 N–H and O–H groups in total. The summed E-state index contributed by atoms with van der Waals surface area (Å²) in [5, 5.41) is 33.2. The maximum Gasteiger partial charge on any atom is 0.472 e. The number of anilines is 2. The van der Waals surface area contributed by atoms with Crippen LogP contribution in [-0.4, -0.2) is 157 Å². The molecule has 0 spiro atoms. The molecule has 32 heteroatoms. The highest BCUT2D eigenvalue weighted by atomic mass is 31.2. The van der Waals surface area contributed by atoms with Crippen LogP contribution >= 0.6 is 15.6 Å². The smallest absolute Gasteiger partial charge is 0.472 e. The van der Waals surface area contributed by atoms with Crippen LogP contribution in [0.3, 0.4) is 0 Å². The molecule has 3 aromatic heterocycles. The number of carbonyl (C=O) groups is 2. The lowest BCUT2D eigenvalue weighted by atomic mass is 10.0. The van der Waals surface area contributed by atoms with Crippen LogP contribution in [0, 0.1) is 0 Å². The third-order valence-corrected chi connectivity index (χ3v) is 10.6. The van der Waals surface area contributed by atoms with Crippen LogP contribution < -0.4 is 17.2 Å². The van der Waals surface area contributed by atoms with Crippen molar-refractivity contribution in [3.8, 4) is 0 Å². The first kappa shape index (κ1) is 48.5. The van der Waals surface area contributed by atoms with Crippen LogP contribution in [0.2, 0.25) is 0 Å². The Morgan fingerprint density at radius 1 is 1.03 bits per heavy atom. The number of carboxylic acids is 1. The molecule has 1 amide bonds. The van der Waals surface area contributed by atoms with Crippen LogP contribution in [0.15, 0.2) is 42.4 Å². The number of nitrogen functional groups attached to an aromatic ring is 2. The quantitative estimate of drug-likeness (QED) is 0.0357. The van der Waals surface area contributed by atoms with Gasteiger partial charge in [0.2, 0.25) is 5.91 Å². The fourth-order valence-corrected chi connectivity index (χ4v) is 7.70. The van der Waals surface area contributed by atoms with E-state index >= 15 is 0 Å². The van der Waals surface area contributed by atoms with Crippen LogP contribution in [0.1, 0.15) is 25.3 Å². The highest BCUT2D eigenvalue weighted by Crippen LogP contribution is 2.50. The molecule has 0 saturated carbocycles. The summed E-state index contributed by atoms with van der Waals surface area (Å²) in [6, 6.07) is -3.25. The molecule has 5 unspecified atom stereocenters. The van der Waals surface area contributed by atoms with Gasteiger partial charge in [0.05, 0.1) is 32.2 Å². The maximum atomic E-state index is 13.8. The molecule has 2 fully saturated rings. The minimum atomic E-state index is -5.65. The topological polar surface area (TPSA) is 379 Å². The fraction of sp³-hybridized carbons (Fsp3) is 0.567. The summed E-state index contributed by atoms with van der Waals surface area (Å²) in [7, 11) is -10.9. The number of phosphoric ester groups is 2. The fourth-order valence-electron chi connectivity index (χ4n) is 6.39. The van der Waals surface area contributed by atoms with Crippen molar-refractivity contribution in [2.24, 2.45) is 0 Å². The third-order valence-electron chi connectivity index (χ3n) is 9.18. The Morgan fingerprint density at radius 3 is 2.32 bits per heavy atom. The number of amides is 1. The zero-order valence-corrected chi connectivity index (χ0v) is 33.3. The van der Waals surface area contributed by atoms with Gasteiger partial charge in [-0.3, -0.25) is 27.5 Å². The molecule has 2 aliphatic heterocycles. The lowest BCUT2D eigenvalue weighted by Crippen LogP contribution is -2.59. The summed E-state index contributed by atoms with van der Waals surface area (Å²) in [6.45, 7) is -2.27. The number of hydrogen-bond acceptors (Lipinski definition) is 19. The van der Waals surface area contributed by atoms with E-state index in [1.165, 1.54) is 6.08 Å². The van der Waals surface area contributed by atoms with Gasteiger partial charge in [-0.25, -0.2) is 42.5 Å². The molecule has 62 heavy (non-hydrogen) atoms. The van der Waals surface area contributed by atoms with Gasteiger partial charge in [0.1, 0.15) is 54.8 Å². The number of rotatable bonds is 21. The first-order valence-corrected chi connectivity index (χ1v) is 20.7. The lowest BCUT2D eigenvalue weighted by molar-refractivity contribution is -0.177. The molecule has 0 radical (unpaired) electrons. The Balaban J connectivity index is 1.49. The molecule has 2 saturated heterocycles. The van der Waals surface area contributed by atoms with Gasteiger partial charge in [0, 0.05) is 12.6 Å². The van der Waals surface area contributed by atoms with Gasteiger partial charge in [-0.2, -0.15) is 13.8 Å². The highest BCUT2D eigenvalue weighted by Gasteiger charge is 2.54. The van der Waals surface area contributed by atoms with Crippen molar-refractivity contribution in [2.45, 2.75) is 80.2 Å². The van der Waals surface area contributed by atoms with Crippen molar-refractivity contribution in [3.63, 3.8) is 0 Å². The number of imidazole rings is 1. The zero-order chi connectivity index (χ0) is 45.9. The number of allylic oxidation sites excluding steroid dienone is 1. The van der Waals surface area contributed by atoms with Crippen molar-refractivity contribution < 1.29 is 94.1 Å². The number of carbonyl (C=O) groups excluding carboxylic acids is 1. The normalized spacial score (nSPS) is 25.8. The Hall–Kier alpha value is -4.55. The van der Waals surface area contributed by atoms with E-state index in [9.17, 15) is 71.1 Å². The number of aromatic nitrogens is 6. The predicted octanol–water partition coefficient (Wildman–Crippen LogP) is -1.09. The molecule has 5 heterocycles. The monoisotopic (exact) mass is 935 g/mol. The maximum absolute atomic E-state index is 13.8.